The van der Waals surface area contributed by atoms with Gasteiger partial charge in [-0.1, -0.05) is 0 Å². The molecule has 0 spiro atoms. The molecule has 0 saturated carbocycles. The quantitative estimate of drug-likeness (QED) is 0.774. The molecule has 0 aromatic carbocycles. The fraction of sp³-hybridized carbons (Fsp3) is 0.467. The van der Waals surface area contributed by atoms with Gasteiger partial charge in [-0.05, 0) is 26.8 Å². The van der Waals surface area contributed by atoms with E-state index >= 15 is 0 Å². The first-order valence-electron chi connectivity index (χ1n) is 7.61. The van der Waals surface area contributed by atoms with E-state index in [4.69, 9.17) is 0 Å². The molecular formula is C15H19F3N6O. The minimum Gasteiger partial charge on any atom is -0.368 e. The van der Waals surface area contributed by atoms with Gasteiger partial charge in [-0.3, -0.25) is 4.79 Å². The Labute approximate surface area is 142 Å². The Morgan fingerprint density at radius 1 is 1.16 bits per heavy atom. The molecule has 10 heteroatoms. The molecule has 7 nitrogen and oxygen atoms in total. The molecule has 2 aromatic heterocycles. The molecule has 1 amide bonds. The average Bonchev–Trinajstić information content (AvgIpc) is 2.80. The summed E-state index contributed by atoms with van der Waals surface area (Å²) in [7, 11) is 0. The molecule has 25 heavy (non-hydrogen) atoms. The second kappa shape index (κ2) is 7.49. The molecule has 136 valence electrons. The van der Waals surface area contributed by atoms with Crippen molar-refractivity contribution < 1.29 is 18.0 Å². The molecule has 2 aromatic rings. The maximum Gasteiger partial charge on any atom is 0.397 e. The Hall–Kier alpha value is -2.65. The zero-order chi connectivity index (χ0) is 18.6. The maximum atomic E-state index is 12.1. The van der Waals surface area contributed by atoms with Crippen LogP contribution >= 0.6 is 0 Å². The molecule has 2 N–H and O–H groups in total. The Morgan fingerprint density at radius 2 is 1.88 bits per heavy atom. The Bertz CT molecular complexity index is 756. The van der Waals surface area contributed by atoms with Gasteiger partial charge in [0.1, 0.15) is 18.1 Å². The summed E-state index contributed by atoms with van der Waals surface area (Å²) >= 11 is 0. The minimum absolute atomic E-state index is 0.0488. The molecule has 0 aliphatic carbocycles. The molecule has 0 unspecified atom stereocenters. The summed E-state index contributed by atoms with van der Waals surface area (Å²) in [5, 5.41) is 9.50. The van der Waals surface area contributed by atoms with Crippen molar-refractivity contribution in [3.63, 3.8) is 0 Å². The van der Waals surface area contributed by atoms with Crippen molar-refractivity contribution in [2.24, 2.45) is 0 Å². The van der Waals surface area contributed by atoms with Crippen LogP contribution in [0.15, 0.2) is 12.1 Å². The summed E-state index contributed by atoms with van der Waals surface area (Å²) in [6, 6.07) is 3.60. The van der Waals surface area contributed by atoms with E-state index in [1.807, 2.05) is 19.9 Å². The SMILES string of the molecule is Cc1cc(C)n(-c2cc(NCCNC(=O)CC(F)(F)F)nc(C)n2)n1. The molecule has 0 saturated heterocycles. The van der Waals surface area contributed by atoms with Crippen LogP contribution < -0.4 is 10.6 Å². The maximum absolute atomic E-state index is 12.1. The third-order valence-corrected chi connectivity index (χ3v) is 3.17. The molecule has 0 radical (unpaired) electrons. The van der Waals surface area contributed by atoms with Crippen LogP contribution in [0.2, 0.25) is 0 Å². The van der Waals surface area contributed by atoms with Gasteiger partial charge >= 0.3 is 6.18 Å². The first-order valence-corrected chi connectivity index (χ1v) is 7.61. The second-order valence-corrected chi connectivity index (χ2v) is 5.57. The van der Waals surface area contributed by atoms with Gasteiger partial charge < -0.3 is 10.6 Å². The lowest BCUT2D eigenvalue weighted by Crippen LogP contribution is -2.32. The van der Waals surface area contributed by atoms with E-state index in [-0.39, 0.29) is 13.1 Å². The van der Waals surface area contributed by atoms with Crippen molar-refractivity contribution >= 4 is 11.7 Å². The van der Waals surface area contributed by atoms with Crippen molar-refractivity contribution in [2.75, 3.05) is 18.4 Å². The normalized spacial score (nSPS) is 11.4. The number of anilines is 1. The first kappa shape index (κ1) is 18.7. The molecule has 0 aliphatic rings. The lowest BCUT2D eigenvalue weighted by molar-refractivity contribution is -0.153. The highest BCUT2D eigenvalue weighted by molar-refractivity contribution is 5.76. The Kier molecular flexibility index (Phi) is 5.60. The number of amides is 1. The molecule has 2 rings (SSSR count). The van der Waals surface area contributed by atoms with Crippen LogP contribution in [0.4, 0.5) is 19.0 Å². The number of alkyl halides is 3. The standard InChI is InChI=1S/C15H19F3N6O/c1-9-6-10(2)24(23-9)13-7-12(21-11(3)22-13)19-4-5-20-14(25)8-15(16,17)18/h6-7H,4-5,8H2,1-3H3,(H,20,25)(H,19,21,22). The molecule has 0 aliphatic heterocycles. The van der Waals surface area contributed by atoms with Gasteiger partial charge in [-0.2, -0.15) is 18.3 Å². The van der Waals surface area contributed by atoms with E-state index in [2.05, 4.69) is 25.7 Å². The third-order valence-electron chi connectivity index (χ3n) is 3.17. The lowest BCUT2D eigenvalue weighted by atomic mass is 10.4. The predicted octanol–water partition coefficient (Wildman–Crippen LogP) is 2.07. The molecule has 0 bridgehead atoms. The molecular weight excluding hydrogens is 337 g/mol. The van der Waals surface area contributed by atoms with Crippen molar-refractivity contribution in [1.29, 1.82) is 0 Å². The summed E-state index contributed by atoms with van der Waals surface area (Å²) in [4.78, 5) is 19.7. The third kappa shape index (κ3) is 5.73. The number of rotatable bonds is 6. The van der Waals surface area contributed by atoms with Gasteiger partial charge in [-0.25, -0.2) is 14.6 Å². The van der Waals surface area contributed by atoms with E-state index in [0.29, 0.717) is 17.5 Å². The fourth-order valence-corrected chi connectivity index (χ4v) is 2.25. The zero-order valence-corrected chi connectivity index (χ0v) is 14.1. The summed E-state index contributed by atoms with van der Waals surface area (Å²) in [5.41, 5.74) is 1.77. The van der Waals surface area contributed by atoms with Crippen molar-refractivity contribution in [3.05, 3.63) is 29.3 Å². The number of nitrogens with one attached hydrogen (secondary N) is 2. The van der Waals surface area contributed by atoms with Crippen LogP contribution in [-0.4, -0.2) is 44.9 Å². The topological polar surface area (TPSA) is 84.7 Å². The highest BCUT2D eigenvalue weighted by Crippen LogP contribution is 2.18. The number of aryl methyl sites for hydroxylation is 3. The van der Waals surface area contributed by atoms with E-state index in [0.717, 1.165) is 11.4 Å². The number of hydrogen-bond acceptors (Lipinski definition) is 5. The fourth-order valence-electron chi connectivity index (χ4n) is 2.25. The summed E-state index contributed by atoms with van der Waals surface area (Å²) in [6.45, 7) is 5.79. The van der Waals surface area contributed by atoms with Crippen LogP contribution in [0.25, 0.3) is 5.82 Å². The monoisotopic (exact) mass is 356 g/mol. The molecule has 0 atom stereocenters. The Morgan fingerprint density at radius 3 is 2.48 bits per heavy atom. The van der Waals surface area contributed by atoms with E-state index in [1.165, 1.54) is 0 Å². The lowest BCUT2D eigenvalue weighted by Gasteiger charge is -2.11. The number of nitrogens with zero attached hydrogens (tertiary/aromatic N) is 4. The molecule has 2 heterocycles. The van der Waals surface area contributed by atoms with E-state index in [9.17, 15) is 18.0 Å². The van der Waals surface area contributed by atoms with Crippen LogP contribution in [0, 0.1) is 20.8 Å². The van der Waals surface area contributed by atoms with Crippen LogP contribution in [0.3, 0.4) is 0 Å². The predicted molar refractivity (Wildman–Crippen MR) is 85.5 cm³/mol. The van der Waals surface area contributed by atoms with Gasteiger partial charge in [-0.15, -0.1) is 0 Å². The van der Waals surface area contributed by atoms with Gasteiger partial charge in [0.2, 0.25) is 5.91 Å². The highest BCUT2D eigenvalue weighted by Gasteiger charge is 2.30. The number of aromatic nitrogens is 4. The minimum atomic E-state index is -4.50. The number of carbonyl (C=O) groups excluding carboxylic acids is 1. The van der Waals surface area contributed by atoms with Crippen LogP contribution in [-0.2, 0) is 4.79 Å². The van der Waals surface area contributed by atoms with Crippen molar-refractivity contribution in [3.8, 4) is 5.82 Å². The van der Waals surface area contributed by atoms with Crippen LogP contribution in [0.5, 0.6) is 0 Å². The number of halogens is 3. The number of carbonyl (C=O) groups is 1. The summed E-state index contributed by atoms with van der Waals surface area (Å²) < 4.78 is 37.9. The van der Waals surface area contributed by atoms with E-state index in [1.54, 1.807) is 17.7 Å². The van der Waals surface area contributed by atoms with Crippen molar-refractivity contribution in [1.82, 2.24) is 25.1 Å². The Balaban J connectivity index is 1.95. The van der Waals surface area contributed by atoms with Crippen LogP contribution in [0.1, 0.15) is 23.6 Å². The van der Waals surface area contributed by atoms with E-state index < -0.39 is 18.5 Å². The zero-order valence-electron chi connectivity index (χ0n) is 14.1. The summed E-state index contributed by atoms with van der Waals surface area (Å²) in [6.07, 6.45) is -5.99. The summed E-state index contributed by atoms with van der Waals surface area (Å²) in [5.74, 6) is 0.548. The highest BCUT2D eigenvalue weighted by atomic mass is 19.4. The van der Waals surface area contributed by atoms with Gasteiger partial charge in [0.15, 0.2) is 5.82 Å². The van der Waals surface area contributed by atoms with Gasteiger partial charge in [0.25, 0.3) is 0 Å². The van der Waals surface area contributed by atoms with Crippen molar-refractivity contribution in [2.45, 2.75) is 33.4 Å². The first-order chi connectivity index (χ1) is 11.6. The molecule has 0 fully saturated rings. The van der Waals surface area contributed by atoms with Gasteiger partial charge in [0, 0.05) is 24.8 Å². The average molecular weight is 356 g/mol. The largest absolute Gasteiger partial charge is 0.397 e. The smallest absolute Gasteiger partial charge is 0.368 e. The second-order valence-electron chi connectivity index (χ2n) is 5.57. The number of hydrogen-bond donors (Lipinski definition) is 2. The van der Waals surface area contributed by atoms with Gasteiger partial charge in [0.05, 0.1) is 5.69 Å².